The molecule has 1 amide bonds. The molecule has 0 bridgehead atoms. The summed E-state index contributed by atoms with van der Waals surface area (Å²) in [6, 6.07) is 11.0. The maximum absolute atomic E-state index is 13.0. The lowest BCUT2D eigenvalue weighted by Gasteiger charge is -2.32. The standard InChI is InChI=1S/C21H23Cl2N3O4/c1-24(21(28)10-14-5-6-18(22)19(23)9-14)20(13-25-8-7-17(27)12-25)15-3-2-4-16(11-15)26(29)30/h2-6,9,11,17,20,27H,7-8,10,12-13H2,1H3. The highest BCUT2D eigenvalue weighted by molar-refractivity contribution is 6.42. The molecule has 1 aliphatic rings. The van der Waals surface area contributed by atoms with Crippen LogP contribution in [0.15, 0.2) is 42.5 Å². The topological polar surface area (TPSA) is 86.9 Å². The highest BCUT2D eigenvalue weighted by Crippen LogP contribution is 2.28. The maximum atomic E-state index is 13.0. The van der Waals surface area contributed by atoms with Gasteiger partial charge in [-0.05, 0) is 29.7 Å². The summed E-state index contributed by atoms with van der Waals surface area (Å²) in [6.45, 7) is 1.70. The number of rotatable bonds is 7. The number of nitrogens with zero attached hydrogens (tertiary/aromatic N) is 3. The number of benzene rings is 2. The third-order valence-corrected chi connectivity index (χ3v) is 6.08. The van der Waals surface area contributed by atoms with E-state index >= 15 is 0 Å². The zero-order chi connectivity index (χ0) is 21.8. The predicted octanol–water partition coefficient (Wildman–Crippen LogP) is 3.71. The highest BCUT2D eigenvalue weighted by atomic mass is 35.5. The summed E-state index contributed by atoms with van der Waals surface area (Å²) in [6.07, 6.45) is 0.400. The largest absolute Gasteiger partial charge is 0.392 e. The molecule has 2 atom stereocenters. The molecule has 1 aliphatic heterocycles. The van der Waals surface area contributed by atoms with E-state index in [1.165, 1.54) is 12.1 Å². The van der Waals surface area contributed by atoms with Gasteiger partial charge in [0, 0.05) is 38.8 Å². The predicted molar refractivity (Wildman–Crippen MR) is 116 cm³/mol. The zero-order valence-corrected chi connectivity index (χ0v) is 18.0. The number of amides is 1. The smallest absolute Gasteiger partial charge is 0.269 e. The Morgan fingerprint density at radius 2 is 2.07 bits per heavy atom. The molecule has 9 heteroatoms. The van der Waals surface area contributed by atoms with Crippen LogP contribution in [-0.4, -0.2) is 58.5 Å². The zero-order valence-electron chi connectivity index (χ0n) is 16.5. The van der Waals surface area contributed by atoms with E-state index in [0.717, 1.165) is 5.56 Å². The van der Waals surface area contributed by atoms with Crippen molar-refractivity contribution in [2.75, 3.05) is 26.7 Å². The van der Waals surface area contributed by atoms with Gasteiger partial charge in [-0.15, -0.1) is 0 Å². The number of halogens is 2. The summed E-state index contributed by atoms with van der Waals surface area (Å²) in [5.41, 5.74) is 1.38. The number of β-amino-alcohol motifs (C(OH)–C–C–N with tert-alkyl or cyclic N) is 1. The Balaban J connectivity index is 1.84. The van der Waals surface area contributed by atoms with Crippen LogP contribution in [0.1, 0.15) is 23.6 Å². The highest BCUT2D eigenvalue weighted by Gasteiger charge is 2.29. The summed E-state index contributed by atoms with van der Waals surface area (Å²) in [5, 5.41) is 21.9. The quantitative estimate of drug-likeness (QED) is 0.511. The molecular weight excluding hydrogens is 429 g/mol. The van der Waals surface area contributed by atoms with E-state index < -0.39 is 17.1 Å². The van der Waals surface area contributed by atoms with Crippen LogP contribution >= 0.6 is 23.2 Å². The first-order chi connectivity index (χ1) is 14.2. The number of non-ortho nitro benzene ring substituents is 1. The lowest BCUT2D eigenvalue weighted by molar-refractivity contribution is -0.385. The summed E-state index contributed by atoms with van der Waals surface area (Å²) in [4.78, 5) is 27.5. The number of carbonyl (C=O) groups is 1. The van der Waals surface area contributed by atoms with E-state index in [1.54, 1.807) is 42.3 Å². The van der Waals surface area contributed by atoms with Crippen LogP contribution in [0.4, 0.5) is 5.69 Å². The van der Waals surface area contributed by atoms with Crippen molar-refractivity contribution < 1.29 is 14.8 Å². The van der Waals surface area contributed by atoms with E-state index in [1.807, 2.05) is 0 Å². The van der Waals surface area contributed by atoms with Gasteiger partial charge >= 0.3 is 0 Å². The van der Waals surface area contributed by atoms with Crippen LogP contribution in [0.2, 0.25) is 10.0 Å². The van der Waals surface area contributed by atoms with E-state index in [-0.39, 0.29) is 18.0 Å². The van der Waals surface area contributed by atoms with Crippen molar-refractivity contribution in [2.45, 2.75) is 25.0 Å². The van der Waals surface area contributed by atoms with Gasteiger partial charge in [-0.3, -0.25) is 19.8 Å². The monoisotopic (exact) mass is 451 g/mol. The van der Waals surface area contributed by atoms with Crippen molar-refractivity contribution in [3.63, 3.8) is 0 Å². The number of aliphatic hydroxyl groups excluding tert-OH is 1. The Hall–Kier alpha value is -2.19. The molecule has 1 heterocycles. The van der Waals surface area contributed by atoms with Crippen LogP contribution in [0.5, 0.6) is 0 Å². The third-order valence-electron chi connectivity index (χ3n) is 5.34. The van der Waals surface area contributed by atoms with Crippen molar-refractivity contribution in [1.82, 2.24) is 9.80 Å². The molecule has 2 aromatic carbocycles. The average Bonchev–Trinajstić information content (AvgIpc) is 3.13. The molecule has 7 nitrogen and oxygen atoms in total. The van der Waals surface area contributed by atoms with Gasteiger partial charge in [-0.25, -0.2) is 0 Å². The molecule has 1 fully saturated rings. The third kappa shape index (κ3) is 5.49. The molecule has 0 radical (unpaired) electrons. The second-order valence-corrected chi connectivity index (χ2v) is 8.31. The Morgan fingerprint density at radius 1 is 1.30 bits per heavy atom. The van der Waals surface area contributed by atoms with Crippen molar-refractivity contribution in [2.24, 2.45) is 0 Å². The molecule has 0 aliphatic carbocycles. The van der Waals surface area contributed by atoms with Gasteiger partial charge in [0.2, 0.25) is 5.91 Å². The van der Waals surface area contributed by atoms with Gasteiger partial charge in [0.15, 0.2) is 0 Å². The van der Waals surface area contributed by atoms with Crippen molar-refractivity contribution >= 4 is 34.8 Å². The summed E-state index contributed by atoms with van der Waals surface area (Å²) in [7, 11) is 1.69. The fraction of sp³-hybridized carbons (Fsp3) is 0.381. The number of likely N-dealkylation sites (N-methyl/N-ethyl adjacent to an activating group) is 1. The molecule has 1 N–H and O–H groups in total. The van der Waals surface area contributed by atoms with E-state index in [0.29, 0.717) is 41.7 Å². The number of likely N-dealkylation sites (tertiary alicyclic amines) is 1. The van der Waals surface area contributed by atoms with Gasteiger partial charge in [0.1, 0.15) is 0 Å². The minimum atomic E-state index is -0.447. The molecule has 0 saturated carbocycles. The molecule has 30 heavy (non-hydrogen) atoms. The summed E-state index contributed by atoms with van der Waals surface area (Å²) < 4.78 is 0. The van der Waals surface area contributed by atoms with Crippen LogP contribution < -0.4 is 0 Å². The second kappa shape index (κ2) is 9.75. The van der Waals surface area contributed by atoms with Crippen molar-refractivity contribution in [3.8, 4) is 0 Å². The molecule has 1 saturated heterocycles. The molecule has 2 aromatic rings. The maximum Gasteiger partial charge on any atom is 0.269 e. The number of hydrogen-bond acceptors (Lipinski definition) is 5. The molecule has 0 aromatic heterocycles. The van der Waals surface area contributed by atoms with Gasteiger partial charge in [0.05, 0.1) is 33.5 Å². The summed E-state index contributed by atoms with van der Waals surface area (Å²) >= 11 is 12.0. The number of hydrogen-bond donors (Lipinski definition) is 1. The van der Waals surface area contributed by atoms with E-state index in [9.17, 15) is 20.0 Å². The first kappa shape index (κ1) is 22.5. The lowest BCUT2D eigenvalue weighted by atomic mass is 10.0. The molecule has 160 valence electrons. The minimum Gasteiger partial charge on any atom is -0.392 e. The normalized spacial score (nSPS) is 17.7. The second-order valence-electron chi connectivity index (χ2n) is 7.50. The van der Waals surface area contributed by atoms with E-state index in [2.05, 4.69) is 4.90 Å². The molecule has 0 spiro atoms. The number of aliphatic hydroxyl groups is 1. The lowest BCUT2D eigenvalue weighted by Crippen LogP contribution is -2.39. The number of nitro groups is 1. The van der Waals surface area contributed by atoms with Gasteiger partial charge < -0.3 is 10.0 Å². The Morgan fingerprint density at radius 3 is 2.70 bits per heavy atom. The van der Waals surface area contributed by atoms with Gasteiger partial charge in [-0.2, -0.15) is 0 Å². The SMILES string of the molecule is CN(C(=O)Cc1ccc(Cl)c(Cl)c1)C(CN1CCC(O)C1)c1cccc([N+](=O)[O-])c1. The Bertz CT molecular complexity index is 940. The van der Waals surface area contributed by atoms with Crippen LogP contribution in [0, 0.1) is 10.1 Å². The van der Waals surface area contributed by atoms with Crippen LogP contribution in [0.25, 0.3) is 0 Å². The van der Waals surface area contributed by atoms with Gasteiger partial charge in [-0.1, -0.05) is 41.4 Å². The Labute approximate surface area is 185 Å². The van der Waals surface area contributed by atoms with Crippen LogP contribution in [-0.2, 0) is 11.2 Å². The molecule has 3 rings (SSSR count). The average molecular weight is 452 g/mol. The minimum absolute atomic E-state index is 0.0238. The number of carbonyl (C=O) groups excluding carboxylic acids is 1. The van der Waals surface area contributed by atoms with Crippen LogP contribution in [0.3, 0.4) is 0 Å². The van der Waals surface area contributed by atoms with E-state index in [4.69, 9.17) is 23.2 Å². The van der Waals surface area contributed by atoms with Gasteiger partial charge in [0.25, 0.3) is 5.69 Å². The fourth-order valence-electron chi connectivity index (χ4n) is 3.64. The summed E-state index contributed by atoms with van der Waals surface area (Å²) in [5.74, 6) is -0.148. The first-order valence-electron chi connectivity index (χ1n) is 9.59. The fourth-order valence-corrected chi connectivity index (χ4v) is 3.96. The molecule has 2 unspecified atom stereocenters. The number of nitro benzene ring substituents is 1. The van der Waals surface area contributed by atoms with Crippen molar-refractivity contribution in [1.29, 1.82) is 0 Å². The van der Waals surface area contributed by atoms with Crippen molar-refractivity contribution in [3.05, 3.63) is 73.8 Å². The molecular formula is C21H23Cl2N3O4. The Kier molecular flexibility index (Phi) is 7.31. The first-order valence-corrected chi connectivity index (χ1v) is 10.3.